The summed E-state index contributed by atoms with van der Waals surface area (Å²) < 4.78 is 0. The first-order chi connectivity index (χ1) is 9.94. The molecule has 1 aromatic heterocycles. The molecule has 0 aliphatic carbocycles. The summed E-state index contributed by atoms with van der Waals surface area (Å²) >= 11 is 7.86. The maximum Gasteiger partial charge on any atom is 0.0963 e. The summed E-state index contributed by atoms with van der Waals surface area (Å²) in [5.41, 5.74) is 2.47. The fraction of sp³-hybridized carbons (Fsp3) is 0.353. The fourth-order valence-corrected chi connectivity index (χ4v) is 2.86. The van der Waals surface area contributed by atoms with E-state index in [0.717, 1.165) is 27.9 Å². The monoisotopic (exact) mass is 320 g/mol. The minimum Gasteiger partial charge on any atom is -0.308 e. The van der Waals surface area contributed by atoms with Gasteiger partial charge in [0.15, 0.2) is 0 Å². The minimum absolute atomic E-state index is 0.122. The van der Waals surface area contributed by atoms with Crippen molar-refractivity contribution < 1.29 is 0 Å². The molecule has 0 atom stereocenters. The van der Waals surface area contributed by atoms with Crippen LogP contribution in [0.3, 0.4) is 0 Å². The van der Waals surface area contributed by atoms with Crippen molar-refractivity contribution >= 4 is 23.4 Å². The van der Waals surface area contributed by atoms with Gasteiger partial charge in [-0.3, -0.25) is 0 Å². The number of aromatic nitrogens is 1. The molecule has 4 heteroatoms. The molecule has 2 nitrogen and oxygen atoms in total. The topological polar surface area (TPSA) is 24.9 Å². The Balaban J connectivity index is 1.89. The van der Waals surface area contributed by atoms with Gasteiger partial charge in [-0.2, -0.15) is 0 Å². The number of hydrogen-bond acceptors (Lipinski definition) is 3. The highest BCUT2D eigenvalue weighted by molar-refractivity contribution is 7.98. The third-order valence-electron chi connectivity index (χ3n) is 2.95. The lowest BCUT2D eigenvalue weighted by Crippen LogP contribution is -2.35. The summed E-state index contributed by atoms with van der Waals surface area (Å²) in [5, 5.41) is 5.30. The van der Waals surface area contributed by atoms with Gasteiger partial charge in [0.1, 0.15) is 0 Å². The molecule has 0 saturated heterocycles. The summed E-state index contributed by atoms with van der Waals surface area (Å²) in [5.74, 6) is 0.840. The van der Waals surface area contributed by atoms with Crippen LogP contribution in [0.1, 0.15) is 31.9 Å². The number of nitrogens with zero attached hydrogens (tertiary/aromatic N) is 1. The number of halogens is 1. The van der Waals surface area contributed by atoms with Gasteiger partial charge in [-0.15, -0.1) is 11.8 Å². The highest BCUT2D eigenvalue weighted by atomic mass is 35.5. The second-order valence-electron chi connectivity index (χ2n) is 5.99. The Morgan fingerprint density at radius 2 is 1.90 bits per heavy atom. The lowest BCUT2D eigenvalue weighted by molar-refractivity contribution is 0.424. The van der Waals surface area contributed by atoms with E-state index in [0.29, 0.717) is 0 Å². The van der Waals surface area contributed by atoms with E-state index < -0.39 is 0 Å². The van der Waals surface area contributed by atoms with Gasteiger partial charge in [-0.05, 0) is 44.0 Å². The van der Waals surface area contributed by atoms with Crippen molar-refractivity contribution in [1.29, 1.82) is 0 Å². The molecule has 0 aliphatic rings. The van der Waals surface area contributed by atoms with Crippen molar-refractivity contribution in [2.24, 2.45) is 0 Å². The van der Waals surface area contributed by atoms with Gasteiger partial charge in [0, 0.05) is 29.1 Å². The number of benzene rings is 1. The van der Waals surface area contributed by atoms with E-state index in [4.69, 9.17) is 11.6 Å². The van der Waals surface area contributed by atoms with Crippen molar-refractivity contribution in [3.8, 4) is 0 Å². The highest BCUT2D eigenvalue weighted by Crippen LogP contribution is 2.25. The van der Waals surface area contributed by atoms with Gasteiger partial charge in [0.2, 0.25) is 0 Å². The molecule has 0 unspecified atom stereocenters. The molecule has 0 aliphatic heterocycles. The molecular formula is C17H21ClN2S. The summed E-state index contributed by atoms with van der Waals surface area (Å²) in [4.78, 5) is 4.50. The SMILES string of the molecule is CC(C)(C)NCc1ccc(SCc2ccccc2Cl)nc1. The van der Waals surface area contributed by atoms with Gasteiger partial charge in [-0.25, -0.2) is 4.98 Å². The molecule has 0 radical (unpaired) electrons. The Morgan fingerprint density at radius 3 is 2.52 bits per heavy atom. The van der Waals surface area contributed by atoms with E-state index in [2.05, 4.69) is 49.3 Å². The van der Waals surface area contributed by atoms with Gasteiger partial charge >= 0.3 is 0 Å². The Kier molecular flexibility index (Phi) is 5.68. The van der Waals surface area contributed by atoms with E-state index in [9.17, 15) is 0 Å². The van der Waals surface area contributed by atoms with Crippen molar-refractivity contribution in [3.05, 3.63) is 58.7 Å². The van der Waals surface area contributed by atoms with Crippen LogP contribution >= 0.6 is 23.4 Å². The molecule has 21 heavy (non-hydrogen) atoms. The zero-order valence-electron chi connectivity index (χ0n) is 12.7. The number of thioether (sulfide) groups is 1. The average molecular weight is 321 g/mol. The zero-order chi connectivity index (χ0) is 15.3. The van der Waals surface area contributed by atoms with Crippen LogP contribution in [0, 0.1) is 0 Å². The quantitative estimate of drug-likeness (QED) is 0.792. The second-order valence-corrected chi connectivity index (χ2v) is 7.39. The first kappa shape index (κ1) is 16.3. The van der Waals surface area contributed by atoms with E-state index in [1.807, 2.05) is 24.4 Å². The Hall–Kier alpha value is -1.03. The van der Waals surface area contributed by atoms with Gasteiger partial charge in [0.05, 0.1) is 5.03 Å². The molecule has 1 heterocycles. The van der Waals surface area contributed by atoms with Gasteiger partial charge in [0.25, 0.3) is 0 Å². The Morgan fingerprint density at radius 1 is 1.14 bits per heavy atom. The normalized spacial score (nSPS) is 11.6. The van der Waals surface area contributed by atoms with Crippen LogP contribution in [-0.2, 0) is 12.3 Å². The number of rotatable bonds is 5. The van der Waals surface area contributed by atoms with E-state index in [1.165, 1.54) is 5.56 Å². The standard InChI is InChI=1S/C17H21ClN2S/c1-17(2,3)20-11-13-8-9-16(19-10-13)21-12-14-6-4-5-7-15(14)18/h4-10,20H,11-12H2,1-3H3. The molecule has 112 valence electrons. The maximum atomic E-state index is 6.16. The first-order valence-electron chi connectivity index (χ1n) is 7.00. The molecule has 0 fully saturated rings. The number of pyridine rings is 1. The summed E-state index contributed by atoms with van der Waals surface area (Å²) in [6, 6.07) is 12.1. The van der Waals surface area contributed by atoms with E-state index in [1.54, 1.807) is 11.8 Å². The zero-order valence-corrected chi connectivity index (χ0v) is 14.3. The highest BCUT2D eigenvalue weighted by Gasteiger charge is 2.08. The summed E-state index contributed by atoms with van der Waals surface area (Å²) in [7, 11) is 0. The van der Waals surface area contributed by atoms with Gasteiger partial charge < -0.3 is 5.32 Å². The van der Waals surface area contributed by atoms with Crippen LogP contribution < -0.4 is 5.32 Å². The molecule has 1 N–H and O–H groups in total. The molecular weight excluding hydrogens is 300 g/mol. The average Bonchev–Trinajstić information content (AvgIpc) is 2.45. The third kappa shape index (κ3) is 5.70. The van der Waals surface area contributed by atoms with Crippen LogP contribution in [0.2, 0.25) is 5.02 Å². The van der Waals surface area contributed by atoms with Crippen LogP contribution in [0.5, 0.6) is 0 Å². The molecule has 0 saturated carbocycles. The molecule has 0 bridgehead atoms. The van der Waals surface area contributed by atoms with Crippen molar-refractivity contribution in [2.75, 3.05) is 0 Å². The first-order valence-corrected chi connectivity index (χ1v) is 8.36. The second kappa shape index (κ2) is 7.30. The minimum atomic E-state index is 0.122. The third-order valence-corrected chi connectivity index (χ3v) is 4.32. The van der Waals surface area contributed by atoms with E-state index >= 15 is 0 Å². The predicted octanol–water partition coefficient (Wildman–Crippen LogP) is 4.92. The maximum absolute atomic E-state index is 6.16. The fourth-order valence-electron chi connectivity index (χ4n) is 1.74. The van der Waals surface area contributed by atoms with Crippen molar-refractivity contribution in [3.63, 3.8) is 0 Å². The van der Waals surface area contributed by atoms with Crippen molar-refractivity contribution in [2.45, 2.75) is 43.6 Å². The van der Waals surface area contributed by atoms with Crippen LogP contribution in [-0.4, -0.2) is 10.5 Å². The predicted molar refractivity (Wildman–Crippen MR) is 91.8 cm³/mol. The molecule has 2 aromatic rings. The van der Waals surface area contributed by atoms with E-state index in [-0.39, 0.29) is 5.54 Å². The summed E-state index contributed by atoms with van der Waals surface area (Å²) in [6.45, 7) is 7.32. The molecule has 0 spiro atoms. The molecule has 2 rings (SSSR count). The van der Waals surface area contributed by atoms with Gasteiger partial charge in [-0.1, -0.05) is 35.9 Å². The molecule has 0 amide bonds. The lowest BCUT2D eigenvalue weighted by atomic mass is 10.1. The van der Waals surface area contributed by atoms with Crippen molar-refractivity contribution in [1.82, 2.24) is 10.3 Å². The molecule has 1 aromatic carbocycles. The van der Waals surface area contributed by atoms with Crippen LogP contribution in [0.25, 0.3) is 0 Å². The lowest BCUT2D eigenvalue weighted by Gasteiger charge is -2.20. The Bertz CT molecular complexity index is 576. The summed E-state index contributed by atoms with van der Waals surface area (Å²) in [6.07, 6.45) is 1.94. The smallest absolute Gasteiger partial charge is 0.0963 e. The number of hydrogen-bond donors (Lipinski definition) is 1. The van der Waals surface area contributed by atoms with Crippen LogP contribution in [0.4, 0.5) is 0 Å². The largest absolute Gasteiger partial charge is 0.308 e. The Labute approximate surface area is 136 Å². The van der Waals surface area contributed by atoms with Crippen LogP contribution in [0.15, 0.2) is 47.6 Å². The number of nitrogens with one attached hydrogen (secondary N) is 1.